The Hall–Kier alpha value is -3.55. The molecule has 8 heteroatoms. The largest absolute Gasteiger partial charge is 0.352 e. The first-order valence-electron chi connectivity index (χ1n) is 9.25. The fourth-order valence-electron chi connectivity index (χ4n) is 2.75. The lowest BCUT2D eigenvalue weighted by molar-refractivity contribution is 0.0929. The fourth-order valence-corrected chi connectivity index (χ4v) is 2.75. The molecule has 150 valence electrons. The minimum absolute atomic E-state index is 0.169. The molecule has 0 unspecified atom stereocenters. The maximum atomic E-state index is 13.6. The molecule has 3 rings (SSSR count). The Morgan fingerprint density at radius 1 is 1.14 bits per heavy atom. The molecule has 0 aliphatic heterocycles. The van der Waals surface area contributed by atoms with Crippen LogP contribution in [0, 0.1) is 5.82 Å². The van der Waals surface area contributed by atoms with Crippen molar-refractivity contribution in [3.63, 3.8) is 0 Å². The van der Waals surface area contributed by atoms with Gasteiger partial charge in [0.1, 0.15) is 5.82 Å². The van der Waals surface area contributed by atoms with Crippen LogP contribution in [0.4, 0.5) is 4.39 Å². The van der Waals surface area contributed by atoms with E-state index in [1.165, 1.54) is 18.2 Å². The highest BCUT2D eigenvalue weighted by molar-refractivity contribution is 5.91. The lowest BCUT2D eigenvalue weighted by Crippen LogP contribution is -2.47. The molecule has 1 amide bonds. The SMILES string of the molecule is CC[C@@H](C)NC(=O)c1nn(-c2ccccc2)c(=O)n(Cc2cccc(F)c2)c1=O. The quantitative estimate of drug-likeness (QED) is 0.692. The third-order valence-electron chi connectivity index (χ3n) is 4.50. The van der Waals surface area contributed by atoms with E-state index in [9.17, 15) is 18.8 Å². The van der Waals surface area contributed by atoms with Crippen molar-refractivity contribution in [3.8, 4) is 5.69 Å². The summed E-state index contributed by atoms with van der Waals surface area (Å²) in [5.74, 6) is -1.15. The number of halogens is 1. The Balaban J connectivity index is 2.18. The van der Waals surface area contributed by atoms with E-state index in [1.54, 1.807) is 43.3 Å². The topological polar surface area (TPSA) is 86.0 Å². The number of amides is 1. The Morgan fingerprint density at radius 3 is 2.52 bits per heavy atom. The highest BCUT2D eigenvalue weighted by atomic mass is 19.1. The lowest BCUT2D eigenvalue weighted by atomic mass is 10.2. The van der Waals surface area contributed by atoms with Crippen LogP contribution in [0.25, 0.3) is 5.69 Å². The minimum atomic E-state index is -0.827. The summed E-state index contributed by atoms with van der Waals surface area (Å²) < 4.78 is 15.5. The summed E-state index contributed by atoms with van der Waals surface area (Å²) in [6.45, 7) is 3.51. The standard InChI is InChI=1S/C21H21FN4O3/c1-3-14(2)23-19(27)18-20(28)25(13-15-8-7-9-16(22)12-15)21(29)26(24-18)17-10-5-4-6-11-17/h4-12,14H,3,13H2,1-2H3,(H,23,27)/t14-/m1/s1. The number of rotatable bonds is 6. The minimum Gasteiger partial charge on any atom is -0.348 e. The summed E-state index contributed by atoms with van der Waals surface area (Å²) in [6, 6.07) is 13.9. The molecule has 3 aromatic rings. The first kappa shape index (κ1) is 20.2. The van der Waals surface area contributed by atoms with Gasteiger partial charge in [-0.3, -0.25) is 14.2 Å². The van der Waals surface area contributed by atoms with Gasteiger partial charge in [-0.25, -0.2) is 9.18 Å². The summed E-state index contributed by atoms with van der Waals surface area (Å²) in [7, 11) is 0. The molecular formula is C21H21FN4O3. The molecule has 1 atom stereocenters. The van der Waals surface area contributed by atoms with E-state index in [0.717, 1.165) is 9.25 Å². The monoisotopic (exact) mass is 396 g/mol. The maximum absolute atomic E-state index is 13.6. The van der Waals surface area contributed by atoms with E-state index >= 15 is 0 Å². The number of carbonyl (C=O) groups is 1. The van der Waals surface area contributed by atoms with E-state index in [0.29, 0.717) is 17.7 Å². The molecule has 7 nitrogen and oxygen atoms in total. The molecule has 1 heterocycles. The van der Waals surface area contributed by atoms with Crippen molar-refractivity contribution in [2.24, 2.45) is 0 Å². The third-order valence-corrected chi connectivity index (χ3v) is 4.50. The van der Waals surface area contributed by atoms with Gasteiger partial charge in [-0.15, -0.1) is 0 Å². The van der Waals surface area contributed by atoms with Gasteiger partial charge < -0.3 is 5.32 Å². The van der Waals surface area contributed by atoms with Crippen LogP contribution >= 0.6 is 0 Å². The molecule has 0 saturated heterocycles. The summed E-state index contributed by atoms with van der Waals surface area (Å²) in [5.41, 5.74) is -1.12. The normalized spacial score (nSPS) is 11.8. The van der Waals surface area contributed by atoms with Gasteiger partial charge in [0.2, 0.25) is 5.69 Å². The molecule has 1 N–H and O–H groups in total. The van der Waals surface area contributed by atoms with Crippen LogP contribution in [-0.2, 0) is 6.54 Å². The van der Waals surface area contributed by atoms with Crippen LogP contribution in [-0.4, -0.2) is 26.3 Å². The molecule has 0 aliphatic carbocycles. The maximum Gasteiger partial charge on any atom is 0.352 e. The average Bonchev–Trinajstić information content (AvgIpc) is 2.71. The van der Waals surface area contributed by atoms with E-state index in [4.69, 9.17) is 0 Å². The van der Waals surface area contributed by atoms with E-state index in [-0.39, 0.29) is 12.6 Å². The van der Waals surface area contributed by atoms with Crippen LogP contribution in [0.3, 0.4) is 0 Å². The first-order valence-corrected chi connectivity index (χ1v) is 9.25. The lowest BCUT2D eigenvalue weighted by Gasteiger charge is -2.14. The van der Waals surface area contributed by atoms with Gasteiger partial charge in [-0.2, -0.15) is 9.78 Å². The van der Waals surface area contributed by atoms with Crippen molar-refractivity contribution in [1.29, 1.82) is 0 Å². The van der Waals surface area contributed by atoms with E-state index in [1.807, 2.05) is 6.92 Å². The molecule has 0 bridgehead atoms. The van der Waals surface area contributed by atoms with Crippen LogP contribution < -0.4 is 16.6 Å². The molecule has 0 aliphatic rings. The highest BCUT2D eigenvalue weighted by Gasteiger charge is 2.21. The van der Waals surface area contributed by atoms with Gasteiger partial charge in [-0.1, -0.05) is 37.3 Å². The van der Waals surface area contributed by atoms with Crippen LogP contribution in [0.15, 0.2) is 64.2 Å². The number of nitrogens with zero attached hydrogens (tertiary/aromatic N) is 3. The van der Waals surface area contributed by atoms with E-state index < -0.39 is 28.7 Å². The van der Waals surface area contributed by atoms with Crippen molar-refractivity contribution in [3.05, 3.63) is 92.5 Å². The Labute approximate surface area is 166 Å². The summed E-state index contributed by atoms with van der Waals surface area (Å²) in [6.07, 6.45) is 0.668. The van der Waals surface area contributed by atoms with Gasteiger partial charge in [0.15, 0.2) is 0 Å². The second-order valence-electron chi connectivity index (χ2n) is 6.68. The van der Waals surface area contributed by atoms with Gasteiger partial charge in [0.05, 0.1) is 12.2 Å². The summed E-state index contributed by atoms with van der Waals surface area (Å²) in [4.78, 5) is 38.5. The fraction of sp³-hybridized carbons (Fsp3) is 0.238. The molecular weight excluding hydrogens is 375 g/mol. The number of benzene rings is 2. The zero-order valence-electron chi connectivity index (χ0n) is 16.1. The second kappa shape index (κ2) is 8.64. The summed E-state index contributed by atoms with van der Waals surface area (Å²) >= 11 is 0. The Kier molecular flexibility index (Phi) is 6.01. The molecule has 0 fully saturated rings. The second-order valence-corrected chi connectivity index (χ2v) is 6.68. The average molecular weight is 396 g/mol. The van der Waals surface area contributed by atoms with Gasteiger partial charge in [0, 0.05) is 6.04 Å². The Morgan fingerprint density at radius 2 is 1.86 bits per heavy atom. The van der Waals surface area contributed by atoms with Crippen LogP contribution in [0.5, 0.6) is 0 Å². The molecule has 0 saturated carbocycles. The van der Waals surface area contributed by atoms with Gasteiger partial charge in [0.25, 0.3) is 11.5 Å². The van der Waals surface area contributed by atoms with Crippen molar-refractivity contribution < 1.29 is 9.18 Å². The number of aromatic nitrogens is 3. The van der Waals surface area contributed by atoms with Crippen molar-refractivity contribution >= 4 is 5.91 Å². The Bertz CT molecular complexity index is 1140. The predicted octanol–water partition coefficient (Wildman–Crippen LogP) is 2.11. The third kappa shape index (κ3) is 4.48. The molecule has 1 aromatic heterocycles. The van der Waals surface area contributed by atoms with Crippen molar-refractivity contribution in [2.75, 3.05) is 0 Å². The first-order chi connectivity index (χ1) is 13.9. The molecule has 0 radical (unpaired) electrons. The van der Waals surface area contributed by atoms with E-state index in [2.05, 4.69) is 10.4 Å². The summed E-state index contributed by atoms with van der Waals surface area (Å²) in [5, 5.41) is 6.73. The smallest absolute Gasteiger partial charge is 0.348 e. The number of para-hydroxylation sites is 1. The van der Waals surface area contributed by atoms with Crippen molar-refractivity contribution in [2.45, 2.75) is 32.9 Å². The number of hydrogen-bond acceptors (Lipinski definition) is 4. The molecule has 0 spiro atoms. The number of carbonyl (C=O) groups excluding carboxylic acids is 1. The molecule has 29 heavy (non-hydrogen) atoms. The molecule has 2 aromatic carbocycles. The van der Waals surface area contributed by atoms with Crippen molar-refractivity contribution in [1.82, 2.24) is 19.7 Å². The zero-order valence-corrected chi connectivity index (χ0v) is 16.1. The van der Waals surface area contributed by atoms with Crippen LogP contribution in [0.2, 0.25) is 0 Å². The predicted molar refractivity (Wildman–Crippen MR) is 107 cm³/mol. The van der Waals surface area contributed by atoms with Gasteiger partial charge >= 0.3 is 5.69 Å². The van der Waals surface area contributed by atoms with Gasteiger partial charge in [-0.05, 0) is 43.2 Å². The number of nitrogens with one attached hydrogen (secondary N) is 1. The zero-order chi connectivity index (χ0) is 21.0. The number of hydrogen-bond donors (Lipinski definition) is 1. The van der Waals surface area contributed by atoms with Crippen LogP contribution in [0.1, 0.15) is 36.3 Å². The highest BCUT2D eigenvalue weighted by Crippen LogP contribution is 2.06.